The van der Waals surface area contributed by atoms with E-state index in [4.69, 9.17) is 5.73 Å². The van der Waals surface area contributed by atoms with E-state index < -0.39 is 4.92 Å². The summed E-state index contributed by atoms with van der Waals surface area (Å²) in [7, 11) is 0. The van der Waals surface area contributed by atoms with E-state index in [1.807, 2.05) is 18.2 Å². The minimum absolute atomic E-state index is 0.0281. The molecule has 0 aliphatic heterocycles. The predicted molar refractivity (Wildman–Crippen MR) is 91.6 cm³/mol. The van der Waals surface area contributed by atoms with Gasteiger partial charge in [-0.25, -0.2) is 0 Å². The summed E-state index contributed by atoms with van der Waals surface area (Å²) in [5.41, 5.74) is 8.19. The molecule has 3 N–H and O–H groups in total. The van der Waals surface area contributed by atoms with Crippen molar-refractivity contribution >= 4 is 33.9 Å². The summed E-state index contributed by atoms with van der Waals surface area (Å²) in [5.74, 6) is -0.259. The molecule has 0 saturated carbocycles. The highest BCUT2D eigenvalue weighted by molar-refractivity contribution is 5.93. The molecule has 2 aromatic carbocycles. The molecule has 7 nitrogen and oxygen atoms in total. The Morgan fingerprint density at radius 2 is 1.88 bits per heavy atom. The van der Waals surface area contributed by atoms with Gasteiger partial charge in [-0.1, -0.05) is 18.2 Å². The molecule has 0 radical (unpaired) electrons. The molecule has 24 heavy (non-hydrogen) atoms. The van der Waals surface area contributed by atoms with Crippen molar-refractivity contribution < 1.29 is 9.72 Å². The maximum absolute atomic E-state index is 12.1. The summed E-state index contributed by atoms with van der Waals surface area (Å²) >= 11 is 0. The second-order valence-electron chi connectivity index (χ2n) is 5.25. The average molecular weight is 322 g/mol. The largest absolute Gasteiger partial charge is 0.397 e. The highest BCUT2D eigenvalue weighted by Crippen LogP contribution is 2.19. The Morgan fingerprint density at radius 1 is 1.12 bits per heavy atom. The fourth-order valence-corrected chi connectivity index (χ4v) is 2.35. The highest BCUT2D eigenvalue weighted by atomic mass is 16.6. The van der Waals surface area contributed by atoms with E-state index in [-0.39, 0.29) is 18.0 Å². The van der Waals surface area contributed by atoms with Gasteiger partial charge in [0.1, 0.15) is 0 Å². The summed E-state index contributed by atoms with van der Waals surface area (Å²) in [5, 5.41) is 14.2. The Kier molecular flexibility index (Phi) is 4.07. The quantitative estimate of drug-likeness (QED) is 0.436. The Morgan fingerprint density at radius 3 is 2.58 bits per heavy atom. The SMILES string of the molecule is Nc1cccc2ccc(CC(=O)Nc3ccc([N+](=O)[O-])cc3)nc12. The first-order valence-electron chi connectivity index (χ1n) is 7.21. The normalized spacial score (nSPS) is 10.5. The molecule has 0 bridgehead atoms. The summed E-state index contributed by atoms with van der Waals surface area (Å²) in [6.45, 7) is 0. The zero-order chi connectivity index (χ0) is 17.1. The Labute approximate surface area is 137 Å². The fraction of sp³-hybridized carbons (Fsp3) is 0.0588. The van der Waals surface area contributed by atoms with E-state index in [9.17, 15) is 14.9 Å². The minimum Gasteiger partial charge on any atom is -0.397 e. The molecule has 0 unspecified atom stereocenters. The standard InChI is InChI=1S/C17H14N4O3/c18-15-3-1-2-11-4-5-13(20-17(11)15)10-16(22)19-12-6-8-14(9-7-12)21(23)24/h1-9H,10,18H2,(H,19,22). The molecule has 7 heteroatoms. The van der Waals surface area contributed by atoms with Crippen LogP contribution < -0.4 is 11.1 Å². The van der Waals surface area contributed by atoms with Crippen LogP contribution in [0, 0.1) is 10.1 Å². The molecule has 3 rings (SSSR count). The molecule has 0 saturated heterocycles. The number of nitrogen functional groups attached to an aromatic ring is 1. The topological polar surface area (TPSA) is 111 Å². The molecule has 1 heterocycles. The van der Waals surface area contributed by atoms with Crippen LogP contribution >= 0.6 is 0 Å². The lowest BCUT2D eigenvalue weighted by atomic mass is 10.1. The van der Waals surface area contributed by atoms with Crippen molar-refractivity contribution in [2.75, 3.05) is 11.1 Å². The number of amides is 1. The third kappa shape index (κ3) is 3.30. The van der Waals surface area contributed by atoms with Crippen LogP contribution in [0.3, 0.4) is 0 Å². The smallest absolute Gasteiger partial charge is 0.269 e. The van der Waals surface area contributed by atoms with Crippen LogP contribution in [-0.4, -0.2) is 15.8 Å². The van der Waals surface area contributed by atoms with Crippen LogP contribution in [0.4, 0.5) is 17.1 Å². The zero-order valence-corrected chi connectivity index (χ0v) is 12.6. The number of rotatable bonds is 4. The third-order valence-corrected chi connectivity index (χ3v) is 3.51. The van der Waals surface area contributed by atoms with E-state index in [2.05, 4.69) is 10.3 Å². The van der Waals surface area contributed by atoms with Crippen molar-refractivity contribution in [1.29, 1.82) is 0 Å². The first kappa shape index (κ1) is 15.4. The minimum atomic E-state index is -0.491. The van der Waals surface area contributed by atoms with E-state index in [1.165, 1.54) is 24.3 Å². The van der Waals surface area contributed by atoms with Crippen LogP contribution in [0.15, 0.2) is 54.6 Å². The van der Waals surface area contributed by atoms with E-state index in [1.54, 1.807) is 12.1 Å². The third-order valence-electron chi connectivity index (χ3n) is 3.51. The summed E-state index contributed by atoms with van der Waals surface area (Å²) in [6, 6.07) is 14.8. The number of hydrogen-bond donors (Lipinski definition) is 2. The number of pyridine rings is 1. The number of anilines is 2. The average Bonchev–Trinajstić information content (AvgIpc) is 2.56. The number of carbonyl (C=O) groups excluding carboxylic acids is 1. The fourth-order valence-electron chi connectivity index (χ4n) is 2.35. The second-order valence-corrected chi connectivity index (χ2v) is 5.25. The first-order valence-corrected chi connectivity index (χ1v) is 7.21. The van der Waals surface area contributed by atoms with Gasteiger partial charge in [-0.05, 0) is 24.3 Å². The molecule has 3 aromatic rings. The van der Waals surface area contributed by atoms with Gasteiger partial charge >= 0.3 is 0 Å². The predicted octanol–water partition coefficient (Wildman–Crippen LogP) is 2.91. The lowest BCUT2D eigenvalue weighted by Crippen LogP contribution is -2.15. The summed E-state index contributed by atoms with van der Waals surface area (Å²) in [4.78, 5) is 26.6. The Bertz CT molecular complexity index is 923. The number of benzene rings is 2. The van der Waals surface area contributed by atoms with Crippen molar-refractivity contribution in [3.05, 3.63) is 70.4 Å². The molecule has 0 aliphatic rings. The molecule has 0 atom stereocenters. The monoisotopic (exact) mass is 322 g/mol. The van der Waals surface area contributed by atoms with Gasteiger partial charge in [0.2, 0.25) is 5.91 Å². The number of nitrogens with zero attached hydrogens (tertiary/aromatic N) is 2. The number of nitrogens with one attached hydrogen (secondary N) is 1. The number of carbonyl (C=O) groups is 1. The second kappa shape index (κ2) is 6.33. The van der Waals surface area contributed by atoms with Crippen LogP contribution in [0.25, 0.3) is 10.9 Å². The van der Waals surface area contributed by atoms with E-state index in [0.717, 1.165) is 5.39 Å². The maximum atomic E-state index is 12.1. The number of non-ortho nitro benzene ring substituents is 1. The van der Waals surface area contributed by atoms with E-state index in [0.29, 0.717) is 22.6 Å². The van der Waals surface area contributed by atoms with Gasteiger partial charge < -0.3 is 11.1 Å². The number of fused-ring (bicyclic) bond motifs is 1. The number of para-hydroxylation sites is 1. The van der Waals surface area contributed by atoms with Gasteiger partial charge in [0.15, 0.2) is 0 Å². The van der Waals surface area contributed by atoms with Crippen molar-refractivity contribution in [1.82, 2.24) is 4.98 Å². The lowest BCUT2D eigenvalue weighted by Gasteiger charge is -2.06. The first-order chi connectivity index (χ1) is 11.5. The number of nitro groups is 1. The van der Waals surface area contributed by atoms with Crippen LogP contribution in [0.5, 0.6) is 0 Å². The molecular formula is C17H14N4O3. The van der Waals surface area contributed by atoms with Crippen molar-refractivity contribution in [2.24, 2.45) is 0 Å². The maximum Gasteiger partial charge on any atom is 0.269 e. The number of hydrogen-bond acceptors (Lipinski definition) is 5. The van der Waals surface area contributed by atoms with Gasteiger partial charge in [-0.3, -0.25) is 19.9 Å². The van der Waals surface area contributed by atoms with Crippen LogP contribution in [0.1, 0.15) is 5.69 Å². The molecule has 120 valence electrons. The number of nitro benzene ring substituents is 1. The molecule has 0 aliphatic carbocycles. The van der Waals surface area contributed by atoms with Gasteiger partial charge in [0.05, 0.1) is 28.2 Å². The molecule has 1 aromatic heterocycles. The molecule has 0 spiro atoms. The lowest BCUT2D eigenvalue weighted by molar-refractivity contribution is -0.384. The zero-order valence-electron chi connectivity index (χ0n) is 12.6. The summed E-state index contributed by atoms with van der Waals surface area (Å²) in [6.07, 6.45) is 0.0846. The van der Waals surface area contributed by atoms with Gasteiger partial charge in [0, 0.05) is 23.2 Å². The highest BCUT2D eigenvalue weighted by Gasteiger charge is 2.09. The Hall–Kier alpha value is -3.48. The summed E-state index contributed by atoms with van der Waals surface area (Å²) < 4.78 is 0. The van der Waals surface area contributed by atoms with Crippen LogP contribution in [0.2, 0.25) is 0 Å². The molecule has 1 amide bonds. The van der Waals surface area contributed by atoms with Crippen molar-refractivity contribution in [2.45, 2.75) is 6.42 Å². The molecular weight excluding hydrogens is 308 g/mol. The van der Waals surface area contributed by atoms with Gasteiger partial charge in [-0.15, -0.1) is 0 Å². The Balaban J connectivity index is 1.72. The van der Waals surface area contributed by atoms with Crippen molar-refractivity contribution in [3.63, 3.8) is 0 Å². The molecule has 0 fully saturated rings. The van der Waals surface area contributed by atoms with Gasteiger partial charge in [-0.2, -0.15) is 0 Å². The number of aromatic nitrogens is 1. The number of nitrogens with two attached hydrogens (primary N) is 1. The van der Waals surface area contributed by atoms with Gasteiger partial charge in [0.25, 0.3) is 5.69 Å². The van der Waals surface area contributed by atoms with E-state index >= 15 is 0 Å². The van der Waals surface area contributed by atoms with Crippen LogP contribution in [-0.2, 0) is 11.2 Å². The van der Waals surface area contributed by atoms with Crippen molar-refractivity contribution in [3.8, 4) is 0 Å².